The van der Waals surface area contributed by atoms with Gasteiger partial charge < -0.3 is 0 Å². The van der Waals surface area contributed by atoms with E-state index in [1.165, 1.54) is 36.8 Å². The molecule has 0 saturated heterocycles. The number of hydrogen-bond donors (Lipinski definition) is 0. The fourth-order valence-corrected chi connectivity index (χ4v) is 4.41. The molecule has 0 heterocycles. The molecule has 1 aliphatic carbocycles. The van der Waals surface area contributed by atoms with Gasteiger partial charge in [-0.05, 0) is 59.5 Å². The first-order valence-electron chi connectivity index (χ1n) is 10.3. The van der Waals surface area contributed by atoms with Crippen molar-refractivity contribution in [3.05, 3.63) is 35.4 Å². The Kier molecular flexibility index (Phi) is 11.4. The minimum Gasteiger partial charge on any atom is -0.0776 e. The molecule has 1 saturated carbocycles. The second-order valence-electron chi connectivity index (χ2n) is 9.04. The summed E-state index contributed by atoms with van der Waals surface area (Å²) in [5.74, 6) is 5.11. The van der Waals surface area contributed by atoms with E-state index in [4.69, 9.17) is 0 Å². The van der Waals surface area contributed by atoms with Crippen LogP contribution in [0.25, 0.3) is 0 Å². The zero-order chi connectivity index (χ0) is 18.3. The summed E-state index contributed by atoms with van der Waals surface area (Å²) < 4.78 is 0. The molecule has 0 heteroatoms. The van der Waals surface area contributed by atoms with Crippen molar-refractivity contribution in [3.63, 3.8) is 0 Å². The first-order valence-corrected chi connectivity index (χ1v) is 10.3. The molecular formula is C25H46. The monoisotopic (exact) mass is 346 g/mol. The van der Waals surface area contributed by atoms with Crippen molar-refractivity contribution in [2.45, 2.75) is 100 Å². The van der Waals surface area contributed by atoms with Gasteiger partial charge in [0.25, 0.3) is 0 Å². The van der Waals surface area contributed by atoms with Crippen LogP contribution in [0.2, 0.25) is 0 Å². The lowest BCUT2D eigenvalue weighted by Crippen LogP contribution is -2.27. The molecule has 0 N–H and O–H groups in total. The topological polar surface area (TPSA) is 0 Å². The maximum atomic E-state index is 2.39. The lowest BCUT2D eigenvalue weighted by atomic mass is 9.69. The molecule has 0 aliphatic heterocycles. The predicted octanol–water partition coefficient (Wildman–Crippen LogP) is 8.67. The minimum atomic E-state index is 0. The van der Waals surface area contributed by atoms with Gasteiger partial charge in [-0.15, -0.1) is 0 Å². The summed E-state index contributed by atoms with van der Waals surface area (Å²) in [7, 11) is 0. The molecule has 1 aromatic rings. The Morgan fingerprint density at radius 2 is 0.960 bits per heavy atom. The molecule has 1 aliphatic rings. The highest BCUT2D eigenvalue weighted by molar-refractivity contribution is 5.31. The molecule has 0 spiro atoms. The van der Waals surface area contributed by atoms with Crippen LogP contribution in [0.4, 0.5) is 0 Å². The fraction of sp³-hybridized carbons (Fsp3) is 0.760. The Bertz CT molecular complexity index is 410. The average molecular weight is 347 g/mol. The van der Waals surface area contributed by atoms with Crippen LogP contribution in [-0.4, -0.2) is 0 Å². The SMILES string of the molecule is C.CC(C)C1CCCCC1C(C)C.CC(C)c1ccccc1C(C)C. The Balaban J connectivity index is 0.000000443. The van der Waals surface area contributed by atoms with Crippen LogP contribution in [-0.2, 0) is 0 Å². The normalized spacial score (nSPS) is 20.5. The van der Waals surface area contributed by atoms with Gasteiger partial charge >= 0.3 is 0 Å². The van der Waals surface area contributed by atoms with Crippen molar-refractivity contribution >= 4 is 0 Å². The molecular weight excluding hydrogens is 300 g/mol. The van der Waals surface area contributed by atoms with E-state index in [9.17, 15) is 0 Å². The van der Waals surface area contributed by atoms with Gasteiger partial charge in [0.15, 0.2) is 0 Å². The highest BCUT2D eigenvalue weighted by Crippen LogP contribution is 2.39. The largest absolute Gasteiger partial charge is 0.0776 e. The Morgan fingerprint density at radius 1 is 0.640 bits per heavy atom. The first-order chi connectivity index (χ1) is 11.3. The zero-order valence-electron chi connectivity index (χ0n) is 17.6. The second kappa shape index (κ2) is 11.8. The highest BCUT2D eigenvalue weighted by Gasteiger charge is 2.29. The molecule has 2 rings (SSSR count). The summed E-state index contributed by atoms with van der Waals surface area (Å²) in [5, 5.41) is 0. The Labute approximate surface area is 159 Å². The van der Waals surface area contributed by atoms with Gasteiger partial charge in [-0.3, -0.25) is 0 Å². The van der Waals surface area contributed by atoms with Crippen LogP contribution in [0.15, 0.2) is 24.3 Å². The van der Waals surface area contributed by atoms with E-state index in [-0.39, 0.29) is 7.43 Å². The maximum Gasteiger partial charge on any atom is -0.0216 e. The van der Waals surface area contributed by atoms with Gasteiger partial charge in [-0.2, -0.15) is 0 Å². The van der Waals surface area contributed by atoms with E-state index in [1.807, 2.05) is 0 Å². The highest BCUT2D eigenvalue weighted by atomic mass is 14.3. The van der Waals surface area contributed by atoms with E-state index in [2.05, 4.69) is 79.7 Å². The van der Waals surface area contributed by atoms with Crippen molar-refractivity contribution in [3.8, 4) is 0 Å². The second-order valence-corrected chi connectivity index (χ2v) is 9.04. The minimum absolute atomic E-state index is 0. The number of hydrogen-bond acceptors (Lipinski definition) is 0. The van der Waals surface area contributed by atoms with Crippen LogP contribution >= 0.6 is 0 Å². The van der Waals surface area contributed by atoms with Crippen molar-refractivity contribution < 1.29 is 0 Å². The van der Waals surface area contributed by atoms with E-state index in [0.717, 1.165) is 23.7 Å². The van der Waals surface area contributed by atoms with Crippen molar-refractivity contribution in [1.29, 1.82) is 0 Å². The molecule has 2 unspecified atom stereocenters. The standard InChI is InChI=1S/C12H24.C12H18.CH4/c2*1-9(2)11-7-5-6-8-12(11)10(3)4;/h9-12H,5-8H2,1-4H3;5-10H,1-4H3;1H4. The average Bonchev–Trinajstić information content (AvgIpc) is 2.55. The molecule has 0 bridgehead atoms. The number of rotatable bonds is 4. The van der Waals surface area contributed by atoms with Crippen molar-refractivity contribution in [1.82, 2.24) is 0 Å². The van der Waals surface area contributed by atoms with Crippen molar-refractivity contribution in [2.75, 3.05) is 0 Å². The molecule has 2 atom stereocenters. The van der Waals surface area contributed by atoms with Crippen LogP contribution in [0.5, 0.6) is 0 Å². The fourth-order valence-electron chi connectivity index (χ4n) is 4.41. The van der Waals surface area contributed by atoms with E-state index in [0.29, 0.717) is 11.8 Å². The molecule has 1 aromatic carbocycles. The molecule has 0 aromatic heterocycles. The third-order valence-electron chi connectivity index (χ3n) is 5.83. The summed E-state index contributed by atoms with van der Waals surface area (Å²) in [6.45, 7) is 18.6. The van der Waals surface area contributed by atoms with E-state index in [1.54, 1.807) is 0 Å². The van der Waals surface area contributed by atoms with Crippen LogP contribution in [0.1, 0.15) is 111 Å². The lowest BCUT2D eigenvalue weighted by Gasteiger charge is -2.37. The van der Waals surface area contributed by atoms with Crippen LogP contribution in [0, 0.1) is 23.7 Å². The smallest absolute Gasteiger partial charge is 0.0216 e. The van der Waals surface area contributed by atoms with Crippen LogP contribution < -0.4 is 0 Å². The van der Waals surface area contributed by atoms with Gasteiger partial charge in [-0.1, -0.05) is 99.9 Å². The van der Waals surface area contributed by atoms with Crippen molar-refractivity contribution in [2.24, 2.45) is 23.7 Å². The molecule has 25 heavy (non-hydrogen) atoms. The third kappa shape index (κ3) is 7.55. The maximum absolute atomic E-state index is 2.39. The lowest BCUT2D eigenvalue weighted by molar-refractivity contribution is 0.136. The summed E-state index contributed by atoms with van der Waals surface area (Å²) in [4.78, 5) is 0. The summed E-state index contributed by atoms with van der Waals surface area (Å²) >= 11 is 0. The van der Waals surface area contributed by atoms with E-state index >= 15 is 0 Å². The third-order valence-corrected chi connectivity index (χ3v) is 5.83. The molecule has 146 valence electrons. The van der Waals surface area contributed by atoms with Gasteiger partial charge in [0.2, 0.25) is 0 Å². The predicted molar refractivity (Wildman–Crippen MR) is 116 cm³/mol. The summed E-state index contributed by atoms with van der Waals surface area (Å²) in [5.41, 5.74) is 2.99. The van der Waals surface area contributed by atoms with Gasteiger partial charge in [0, 0.05) is 0 Å². The molecule has 1 fully saturated rings. The molecule has 0 radical (unpaired) electrons. The quantitative estimate of drug-likeness (QED) is 0.511. The van der Waals surface area contributed by atoms with Gasteiger partial charge in [0.1, 0.15) is 0 Å². The summed E-state index contributed by atoms with van der Waals surface area (Å²) in [6, 6.07) is 8.72. The number of benzene rings is 1. The molecule has 0 amide bonds. The first kappa shape index (κ1) is 24.2. The Hall–Kier alpha value is -0.780. The van der Waals surface area contributed by atoms with Gasteiger partial charge in [0.05, 0.1) is 0 Å². The zero-order valence-corrected chi connectivity index (χ0v) is 17.6. The van der Waals surface area contributed by atoms with Gasteiger partial charge in [-0.25, -0.2) is 0 Å². The van der Waals surface area contributed by atoms with E-state index < -0.39 is 0 Å². The summed E-state index contributed by atoms with van der Waals surface area (Å²) in [6.07, 6.45) is 5.93. The Morgan fingerprint density at radius 3 is 1.20 bits per heavy atom. The van der Waals surface area contributed by atoms with Crippen LogP contribution in [0.3, 0.4) is 0 Å². The molecule has 0 nitrogen and oxygen atoms in total.